The molecule has 5 heteroatoms. The second-order valence-corrected chi connectivity index (χ2v) is 8.47. The van der Waals surface area contributed by atoms with Crippen molar-refractivity contribution in [2.24, 2.45) is 5.41 Å². The van der Waals surface area contributed by atoms with Gasteiger partial charge in [0.15, 0.2) is 11.2 Å². The summed E-state index contributed by atoms with van der Waals surface area (Å²) < 4.78 is 5.32. The minimum Gasteiger partial charge on any atom is -0.472 e. The van der Waals surface area contributed by atoms with E-state index in [2.05, 4.69) is 12.1 Å². The molecule has 5 nitrogen and oxygen atoms in total. The van der Waals surface area contributed by atoms with E-state index in [1.165, 1.54) is 6.26 Å². The van der Waals surface area contributed by atoms with Crippen LogP contribution < -0.4 is 4.90 Å². The molecule has 0 radical (unpaired) electrons. The highest BCUT2D eigenvalue weighted by Gasteiger charge is 2.63. The second kappa shape index (κ2) is 7.55. The largest absolute Gasteiger partial charge is 0.472 e. The standard InChI is InChI=1S/C27H21N3O2/c1-18-6-8-19(9-7-18)14-23(31)26-25(21-12-13-32-15-21)27(16-28,17-29)24-11-10-20-4-2-3-5-22(20)30(24)26/h2-13,15,24-26H,14H2,1H3. The minimum atomic E-state index is -1.43. The molecule has 1 aromatic heterocycles. The molecule has 3 aromatic rings. The number of carbonyl (C=O) groups excluding carboxylic acids is 1. The predicted molar refractivity (Wildman–Crippen MR) is 121 cm³/mol. The topological polar surface area (TPSA) is 81.0 Å². The van der Waals surface area contributed by atoms with E-state index in [1.54, 1.807) is 12.3 Å². The van der Waals surface area contributed by atoms with Crippen LogP contribution in [-0.4, -0.2) is 17.9 Å². The molecule has 156 valence electrons. The smallest absolute Gasteiger partial charge is 0.176 e. The normalized spacial score (nSPS) is 22.5. The number of nitrogens with zero attached hydrogens (tertiary/aromatic N) is 3. The molecule has 3 heterocycles. The second-order valence-electron chi connectivity index (χ2n) is 8.47. The first-order valence-electron chi connectivity index (χ1n) is 10.6. The monoisotopic (exact) mass is 419 g/mol. The van der Waals surface area contributed by atoms with Crippen LogP contribution >= 0.6 is 0 Å². The molecule has 0 aliphatic carbocycles. The lowest BCUT2D eigenvalue weighted by molar-refractivity contribution is -0.120. The van der Waals surface area contributed by atoms with Crippen molar-refractivity contribution in [3.8, 4) is 12.1 Å². The fraction of sp³-hybridized carbons (Fsp3) is 0.222. The molecule has 2 aromatic carbocycles. The number of hydrogen-bond acceptors (Lipinski definition) is 5. The molecule has 2 aliphatic rings. The Labute approximate surface area is 186 Å². The highest BCUT2D eigenvalue weighted by atomic mass is 16.3. The molecule has 32 heavy (non-hydrogen) atoms. The van der Waals surface area contributed by atoms with Gasteiger partial charge in [0.05, 0.1) is 36.7 Å². The van der Waals surface area contributed by atoms with Crippen molar-refractivity contribution in [1.82, 2.24) is 0 Å². The zero-order valence-electron chi connectivity index (χ0n) is 17.6. The van der Waals surface area contributed by atoms with Gasteiger partial charge in [-0.05, 0) is 35.7 Å². The van der Waals surface area contributed by atoms with Crippen LogP contribution in [0, 0.1) is 35.0 Å². The number of furan rings is 1. The maximum Gasteiger partial charge on any atom is 0.176 e. The van der Waals surface area contributed by atoms with Gasteiger partial charge in [0.25, 0.3) is 0 Å². The van der Waals surface area contributed by atoms with Crippen molar-refractivity contribution in [2.45, 2.75) is 31.3 Å². The number of benzene rings is 2. The fourth-order valence-corrected chi connectivity index (χ4v) is 5.13. The molecule has 3 atom stereocenters. The summed E-state index contributed by atoms with van der Waals surface area (Å²) in [7, 11) is 0. The number of anilines is 1. The molecule has 5 rings (SSSR count). The number of ketones is 1. The number of hydrogen-bond donors (Lipinski definition) is 0. The quantitative estimate of drug-likeness (QED) is 0.607. The first-order chi connectivity index (χ1) is 15.6. The first kappa shape index (κ1) is 19.8. The highest BCUT2D eigenvalue weighted by Crippen LogP contribution is 2.55. The SMILES string of the molecule is Cc1ccc(CC(=O)C2C(c3ccoc3)C(C#N)(C#N)C3C=Cc4ccccc4N23)cc1. The molecule has 0 bridgehead atoms. The Kier molecular flexibility index (Phi) is 4.68. The van der Waals surface area contributed by atoms with Crippen molar-refractivity contribution in [1.29, 1.82) is 10.5 Å². The summed E-state index contributed by atoms with van der Waals surface area (Å²) in [4.78, 5) is 15.9. The van der Waals surface area contributed by atoms with E-state index in [4.69, 9.17) is 4.42 Å². The van der Waals surface area contributed by atoms with Crippen LogP contribution in [0.5, 0.6) is 0 Å². The van der Waals surface area contributed by atoms with Gasteiger partial charge in [-0.2, -0.15) is 10.5 Å². The van der Waals surface area contributed by atoms with Crippen molar-refractivity contribution in [3.05, 3.63) is 95.5 Å². The number of Topliss-reactive ketones (excluding diaryl/α,β-unsaturated/α-hetero) is 1. The van der Waals surface area contributed by atoms with Gasteiger partial charge in [-0.1, -0.05) is 60.2 Å². The lowest BCUT2D eigenvalue weighted by atomic mass is 9.69. The molecule has 0 N–H and O–H groups in total. The zero-order valence-corrected chi connectivity index (χ0v) is 17.6. The summed E-state index contributed by atoms with van der Waals surface area (Å²) in [6, 6.07) is 20.8. The molecule has 0 saturated carbocycles. The van der Waals surface area contributed by atoms with E-state index < -0.39 is 23.4 Å². The van der Waals surface area contributed by atoms with Crippen molar-refractivity contribution >= 4 is 17.5 Å². The third kappa shape index (κ3) is 2.87. The van der Waals surface area contributed by atoms with Gasteiger partial charge >= 0.3 is 0 Å². The van der Waals surface area contributed by atoms with Crippen molar-refractivity contribution in [3.63, 3.8) is 0 Å². The molecular weight excluding hydrogens is 398 g/mol. The maximum absolute atomic E-state index is 13.9. The van der Waals surface area contributed by atoms with Crippen LogP contribution in [0.25, 0.3) is 6.08 Å². The molecule has 1 fully saturated rings. The highest BCUT2D eigenvalue weighted by molar-refractivity contribution is 5.94. The minimum absolute atomic E-state index is 0.0254. The number of para-hydroxylation sites is 1. The van der Waals surface area contributed by atoms with E-state index in [0.29, 0.717) is 5.56 Å². The van der Waals surface area contributed by atoms with Gasteiger partial charge in [0.2, 0.25) is 0 Å². The van der Waals surface area contributed by atoms with E-state index in [0.717, 1.165) is 22.4 Å². The lowest BCUT2D eigenvalue weighted by Crippen LogP contribution is -2.44. The Morgan fingerprint density at radius 2 is 1.84 bits per heavy atom. The van der Waals surface area contributed by atoms with Gasteiger partial charge in [-0.25, -0.2) is 0 Å². The number of carbonyl (C=O) groups is 1. The Bertz CT molecular complexity index is 1260. The summed E-state index contributed by atoms with van der Waals surface area (Å²) >= 11 is 0. The number of nitriles is 2. The molecule has 2 aliphatic heterocycles. The van der Waals surface area contributed by atoms with Crippen molar-refractivity contribution < 1.29 is 9.21 Å². The lowest BCUT2D eigenvalue weighted by Gasteiger charge is -2.35. The number of fused-ring (bicyclic) bond motifs is 3. The predicted octanol–water partition coefficient (Wildman–Crippen LogP) is 4.80. The summed E-state index contributed by atoms with van der Waals surface area (Å²) in [6.07, 6.45) is 7.13. The van der Waals surface area contributed by atoms with E-state index in [9.17, 15) is 15.3 Å². The third-order valence-corrected chi connectivity index (χ3v) is 6.65. The van der Waals surface area contributed by atoms with Gasteiger partial charge in [-0.3, -0.25) is 4.79 Å². The summed E-state index contributed by atoms with van der Waals surface area (Å²) in [5.41, 5.74) is 3.13. The Hall–Kier alpha value is -4.09. The Balaban J connectivity index is 1.68. The van der Waals surface area contributed by atoms with E-state index in [1.807, 2.05) is 72.5 Å². The average molecular weight is 419 g/mol. The van der Waals surface area contributed by atoms with Crippen molar-refractivity contribution in [2.75, 3.05) is 4.90 Å². The van der Waals surface area contributed by atoms with Gasteiger partial charge < -0.3 is 9.32 Å². The average Bonchev–Trinajstić information content (AvgIpc) is 3.44. The number of rotatable bonds is 4. The van der Waals surface area contributed by atoms with E-state index in [-0.39, 0.29) is 12.2 Å². The van der Waals surface area contributed by atoms with Gasteiger partial charge in [0, 0.05) is 18.0 Å². The van der Waals surface area contributed by atoms with Crippen LogP contribution in [0.2, 0.25) is 0 Å². The van der Waals surface area contributed by atoms with Crippen LogP contribution in [0.4, 0.5) is 5.69 Å². The van der Waals surface area contributed by atoms with Gasteiger partial charge in [0.1, 0.15) is 0 Å². The molecule has 0 amide bonds. The van der Waals surface area contributed by atoms with Crippen LogP contribution in [0.15, 0.2) is 77.6 Å². The van der Waals surface area contributed by atoms with Crippen LogP contribution in [0.1, 0.15) is 28.2 Å². The summed E-state index contributed by atoms with van der Waals surface area (Å²) in [5.74, 6) is -0.669. The van der Waals surface area contributed by atoms with Crippen LogP contribution in [0.3, 0.4) is 0 Å². The Morgan fingerprint density at radius 3 is 2.53 bits per heavy atom. The molecule has 3 unspecified atom stereocenters. The summed E-state index contributed by atoms with van der Waals surface area (Å²) in [6.45, 7) is 2.01. The third-order valence-electron chi connectivity index (χ3n) is 6.65. The van der Waals surface area contributed by atoms with Gasteiger partial charge in [-0.15, -0.1) is 0 Å². The fourth-order valence-electron chi connectivity index (χ4n) is 5.13. The van der Waals surface area contributed by atoms with E-state index >= 15 is 0 Å². The molecule has 0 spiro atoms. The molecular formula is C27H21N3O2. The maximum atomic E-state index is 13.9. The molecule has 1 saturated heterocycles. The van der Waals surface area contributed by atoms with Crippen LogP contribution in [-0.2, 0) is 11.2 Å². The number of aryl methyl sites for hydroxylation is 1. The Morgan fingerprint density at radius 1 is 1.09 bits per heavy atom. The summed E-state index contributed by atoms with van der Waals surface area (Å²) in [5, 5.41) is 20.6. The zero-order chi connectivity index (χ0) is 22.3. The first-order valence-corrected chi connectivity index (χ1v) is 10.6.